The number of carbonyl (C=O) groups is 1. The molecule has 0 aliphatic carbocycles. The molecule has 3 rings (SSSR count). The minimum absolute atomic E-state index is 0.0108. The Balaban J connectivity index is 1.93. The summed E-state index contributed by atoms with van der Waals surface area (Å²) in [7, 11) is 1.87. The van der Waals surface area contributed by atoms with Crippen molar-refractivity contribution in [3.63, 3.8) is 0 Å². The smallest absolute Gasteiger partial charge is 0.271 e. The molecule has 1 aromatic heterocycles. The zero-order valence-electron chi connectivity index (χ0n) is 14.4. The Morgan fingerprint density at radius 2 is 2.23 bits per heavy atom. The van der Waals surface area contributed by atoms with Gasteiger partial charge in [-0.25, -0.2) is 9.97 Å². The van der Waals surface area contributed by atoms with Crippen LogP contribution in [0.2, 0.25) is 0 Å². The second-order valence-corrected chi connectivity index (χ2v) is 6.16. The van der Waals surface area contributed by atoms with Gasteiger partial charge < -0.3 is 21.5 Å². The third kappa shape index (κ3) is 3.23. The third-order valence-electron chi connectivity index (χ3n) is 4.35. The van der Waals surface area contributed by atoms with Crippen LogP contribution in [0.4, 0.5) is 5.82 Å². The number of anilines is 1. The van der Waals surface area contributed by atoms with Crippen molar-refractivity contribution >= 4 is 11.7 Å². The molecule has 7 heteroatoms. The van der Waals surface area contributed by atoms with E-state index in [4.69, 9.17) is 11.5 Å². The van der Waals surface area contributed by atoms with Crippen LogP contribution >= 0.6 is 0 Å². The van der Waals surface area contributed by atoms with Crippen LogP contribution < -0.4 is 11.5 Å². The van der Waals surface area contributed by atoms with Crippen molar-refractivity contribution in [1.29, 1.82) is 0 Å². The van der Waals surface area contributed by atoms with E-state index in [1.165, 1.54) is 6.20 Å². The first kappa shape index (κ1) is 17.5. The molecule has 1 amide bonds. The maximum Gasteiger partial charge on any atom is 0.271 e. The Kier molecular flexibility index (Phi) is 4.36. The fraction of sp³-hybridized carbons (Fsp3) is 0.211. The molecule has 0 unspecified atom stereocenters. The molecule has 1 saturated heterocycles. The monoisotopic (exact) mass is 349 g/mol. The fourth-order valence-electron chi connectivity index (χ4n) is 2.71. The van der Waals surface area contributed by atoms with Crippen LogP contribution in [-0.4, -0.2) is 45.1 Å². The lowest BCUT2D eigenvalue weighted by Crippen LogP contribution is -2.26. The van der Waals surface area contributed by atoms with Crippen molar-refractivity contribution in [2.45, 2.75) is 12.0 Å². The van der Waals surface area contributed by atoms with Crippen molar-refractivity contribution in [3.8, 4) is 23.1 Å². The zero-order chi connectivity index (χ0) is 18.9. The number of amides is 1. The largest absolute Gasteiger partial charge is 0.382 e. The van der Waals surface area contributed by atoms with E-state index in [0.29, 0.717) is 35.5 Å². The average Bonchev–Trinajstić information content (AvgIpc) is 2.88. The van der Waals surface area contributed by atoms with Crippen LogP contribution in [0.5, 0.6) is 0 Å². The lowest BCUT2D eigenvalue weighted by atomic mass is 10.00. The van der Waals surface area contributed by atoms with Crippen LogP contribution in [0.1, 0.15) is 22.5 Å². The molecule has 2 aromatic rings. The molecule has 1 atom stereocenters. The van der Waals surface area contributed by atoms with Gasteiger partial charge in [-0.2, -0.15) is 0 Å². The van der Waals surface area contributed by atoms with Crippen molar-refractivity contribution < 1.29 is 9.90 Å². The predicted molar refractivity (Wildman–Crippen MR) is 98.6 cm³/mol. The number of benzene rings is 1. The summed E-state index contributed by atoms with van der Waals surface area (Å²) in [4.78, 5) is 21.4. The molecule has 7 nitrogen and oxygen atoms in total. The van der Waals surface area contributed by atoms with Gasteiger partial charge >= 0.3 is 0 Å². The summed E-state index contributed by atoms with van der Waals surface area (Å²) in [6, 6.07) is 7.23. The zero-order valence-corrected chi connectivity index (χ0v) is 14.4. The van der Waals surface area contributed by atoms with Gasteiger partial charge in [0, 0.05) is 31.1 Å². The van der Waals surface area contributed by atoms with Gasteiger partial charge in [0.25, 0.3) is 5.91 Å². The number of hydrogen-bond acceptors (Lipinski definition) is 6. The number of aromatic nitrogens is 2. The number of primary amides is 1. The Hall–Kier alpha value is -3.37. The van der Waals surface area contributed by atoms with E-state index in [2.05, 4.69) is 28.4 Å². The highest BCUT2D eigenvalue weighted by molar-refractivity contribution is 5.95. The van der Waals surface area contributed by atoms with Gasteiger partial charge in [-0.1, -0.05) is 30.6 Å². The van der Waals surface area contributed by atoms with E-state index >= 15 is 0 Å². The lowest BCUT2D eigenvalue weighted by molar-refractivity contribution is 0.0996. The number of aliphatic hydroxyl groups is 1. The molecule has 1 fully saturated rings. The first-order chi connectivity index (χ1) is 12.3. The minimum Gasteiger partial charge on any atom is -0.382 e. The normalized spacial score (nSPS) is 19.2. The predicted octanol–water partition coefficient (Wildman–Crippen LogP) is 0.757. The lowest BCUT2D eigenvalue weighted by Gasteiger charge is -2.19. The molecule has 0 spiro atoms. The number of nitrogens with two attached hydrogens (primary N) is 2. The summed E-state index contributed by atoms with van der Waals surface area (Å²) in [5.41, 5.74) is 12.0. The molecule has 5 N–H and O–H groups in total. The standard InChI is InChI=1S/C19H19N5O2/c1-12-19(26,8-9-24(12)2)7-6-13-4-3-5-14(10-13)15-11-22-17(20)16(23-15)18(21)25/h3-5,10-11,26H,1,8-9H2,2H3,(H2,20,22)(H2,21,25)/t19-/m0/s1. The van der Waals surface area contributed by atoms with Gasteiger partial charge in [0.15, 0.2) is 17.1 Å². The van der Waals surface area contributed by atoms with Crippen molar-refractivity contribution in [2.24, 2.45) is 5.73 Å². The molecule has 0 radical (unpaired) electrons. The van der Waals surface area contributed by atoms with Gasteiger partial charge in [0.2, 0.25) is 0 Å². The number of nitrogens with zero attached hydrogens (tertiary/aromatic N) is 3. The number of hydrogen-bond donors (Lipinski definition) is 3. The van der Waals surface area contributed by atoms with E-state index in [9.17, 15) is 9.90 Å². The first-order valence-electron chi connectivity index (χ1n) is 7.99. The van der Waals surface area contributed by atoms with Gasteiger partial charge in [0.1, 0.15) is 0 Å². The summed E-state index contributed by atoms with van der Waals surface area (Å²) in [5, 5.41) is 10.6. The number of rotatable bonds is 2. The van der Waals surface area contributed by atoms with E-state index in [0.717, 1.165) is 0 Å². The van der Waals surface area contributed by atoms with E-state index in [1.54, 1.807) is 12.1 Å². The molecule has 26 heavy (non-hydrogen) atoms. The van der Waals surface area contributed by atoms with Crippen molar-refractivity contribution in [1.82, 2.24) is 14.9 Å². The first-order valence-corrected chi connectivity index (χ1v) is 7.99. The molecular weight excluding hydrogens is 330 g/mol. The van der Waals surface area contributed by atoms with E-state index in [1.807, 2.05) is 24.1 Å². The third-order valence-corrected chi connectivity index (χ3v) is 4.35. The maximum atomic E-state index is 11.4. The highest BCUT2D eigenvalue weighted by Gasteiger charge is 2.36. The number of carbonyl (C=O) groups excluding carboxylic acids is 1. The number of nitrogen functional groups attached to an aromatic ring is 1. The Morgan fingerprint density at radius 3 is 2.88 bits per heavy atom. The van der Waals surface area contributed by atoms with Crippen molar-refractivity contribution in [3.05, 3.63) is 54.0 Å². The summed E-state index contributed by atoms with van der Waals surface area (Å²) < 4.78 is 0. The van der Waals surface area contributed by atoms with Gasteiger partial charge in [-0.3, -0.25) is 4.79 Å². The Labute approximate surface area is 151 Å². The van der Waals surface area contributed by atoms with E-state index < -0.39 is 11.5 Å². The molecule has 132 valence electrons. The minimum atomic E-state index is -1.22. The molecule has 0 bridgehead atoms. The fourth-order valence-corrected chi connectivity index (χ4v) is 2.71. The van der Waals surface area contributed by atoms with Crippen LogP contribution in [0.3, 0.4) is 0 Å². The number of likely N-dealkylation sites (tertiary alicyclic amines) is 1. The Morgan fingerprint density at radius 1 is 1.46 bits per heavy atom. The quantitative estimate of drug-likeness (QED) is 0.689. The van der Waals surface area contributed by atoms with Gasteiger partial charge in [0.05, 0.1) is 17.6 Å². The van der Waals surface area contributed by atoms with Gasteiger partial charge in [-0.05, 0) is 12.1 Å². The topological polar surface area (TPSA) is 118 Å². The van der Waals surface area contributed by atoms with E-state index in [-0.39, 0.29) is 11.5 Å². The second-order valence-electron chi connectivity index (χ2n) is 6.16. The second kappa shape index (κ2) is 6.50. The average molecular weight is 349 g/mol. The molecule has 1 aliphatic rings. The number of likely N-dealkylation sites (N-methyl/N-ethyl adjacent to an activating group) is 1. The van der Waals surface area contributed by atoms with Gasteiger partial charge in [-0.15, -0.1) is 0 Å². The Bertz CT molecular complexity index is 960. The highest BCUT2D eigenvalue weighted by Crippen LogP contribution is 2.29. The van der Waals surface area contributed by atoms with Crippen molar-refractivity contribution in [2.75, 3.05) is 19.3 Å². The summed E-state index contributed by atoms with van der Waals surface area (Å²) in [5.74, 6) is 5.14. The summed E-state index contributed by atoms with van der Waals surface area (Å²) in [6.45, 7) is 4.61. The van der Waals surface area contributed by atoms with Crippen LogP contribution in [0.25, 0.3) is 11.3 Å². The SMILES string of the molecule is C=C1N(C)CC[C@@]1(O)C#Cc1cccc(-c2cnc(N)c(C(N)=O)n2)c1. The maximum absolute atomic E-state index is 11.4. The van der Waals surface area contributed by atoms with Crippen LogP contribution in [0.15, 0.2) is 42.7 Å². The molecular formula is C19H19N5O2. The molecule has 0 saturated carbocycles. The molecule has 1 aliphatic heterocycles. The van der Waals surface area contributed by atoms with Crippen LogP contribution in [-0.2, 0) is 0 Å². The summed E-state index contributed by atoms with van der Waals surface area (Å²) >= 11 is 0. The molecule has 1 aromatic carbocycles. The molecule has 2 heterocycles. The summed E-state index contributed by atoms with van der Waals surface area (Å²) in [6.07, 6.45) is 1.98. The highest BCUT2D eigenvalue weighted by atomic mass is 16.3. The van der Waals surface area contributed by atoms with Crippen LogP contribution in [0, 0.1) is 11.8 Å².